The Kier molecular flexibility index (Phi) is 3.26. The van der Waals surface area contributed by atoms with E-state index in [0.717, 1.165) is 25.0 Å². The van der Waals surface area contributed by atoms with E-state index in [0.29, 0.717) is 6.04 Å². The highest BCUT2D eigenvalue weighted by atomic mass is 16.3. The average Bonchev–Trinajstić information content (AvgIpc) is 3.11. The number of hydrogen-bond donors (Lipinski definition) is 1. The number of hydrogen-bond acceptors (Lipinski definition) is 4. The predicted octanol–water partition coefficient (Wildman–Crippen LogP) is 2.23. The molecule has 3 rings (SSSR count). The normalized spacial score (nSPS) is 24.1. The minimum atomic E-state index is 0.564. The molecule has 1 unspecified atom stereocenters. The SMILES string of the molecule is CN(Cc1ccoc1)C1=NCC(C2CCCC2)N1. The van der Waals surface area contributed by atoms with Gasteiger partial charge in [-0.3, -0.25) is 4.99 Å². The molecule has 2 heterocycles. The largest absolute Gasteiger partial charge is 0.472 e. The molecule has 4 nitrogen and oxygen atoms in total. The second kappa shape index (κ2) is 5.04. The monoisotopic (exact) mass is 247 g/mol. The molecule has 1 fully saturated rings. The molecule has 1 N–H and O–H groups in total. The van der Waals surface area contributed by atoms with Crippen molar-refractivity contribution in [3.63, 3.8) is 0 Å². The van der Waals surface area contributed by atoms with E-state index in [1.807, 2.05) is 6.07 Å². The van der Waals surface area contributed by atoms with Crippen molar-refractivity contribution in [1.29, 1.82) is 0 Å². The van der Waals surface area contributed by atoms with Gasteiger partial charge in [-0.25, -0.2) is 0 Å². The second-order valence-electron chi connectivity index (χ2n) is 5.45. The van der Waals surface area contributed by atoms with Crippen LogP contribution >= 0.6 is 0 Å². The number of aliphatic imine (C=N–C) groups is 1. The van der Waals surface area contributed by atoms with Gasteiger partial charge in [0.15, 0.2) is 5.96 Å². The lowest BCUT2D eigenvalue weighted by Crippen LogP contribution is -2.42. The first-order valence-electron chi connectivity index (χ1n) is 6.86. The standard InChI is InChI=1S/C14H21N3O/c1-17(9-11-6-7-18-10-11)14-15-8-13(16-14)12-4-2-3-5-12/h6-7,10,12-13H,2-5,8-9H2,1H3,(H,15,16). The zero-order chi connectivity index (χ0) is 12.4. The molecular weight excluding hydrogens is 226 g/mol. The van der Waals surface area contributed by atoms with Gasteiger partial charge in [0.25, 0.3) is 0 Å². The molecule has 0 spiro atoms. The third kappa shape index (κ3) is 2.37. The third-order valence-corrected chi connectivity index (χ3v) is 4.08. The molecule has 1 aliphatic heterocycles. The summed E-state index contributed by atoms with van der Waals surface area (Å²) in [6.07, 6.45) is 9.03. The minimum absolute atomic E-state index is 0.564. The molecule has 0 amide bonds. The van der Waals surface area contributed by atoms with E-state index in [1.165, 1.54) is 31.2 Å². The van der Waals surface area contributed by atoms with Crippen LogP contribution in [-0.4, -0.2) is 30.5 Å². The lowest BCUT2D eigenvalue weighted by molar-refractivity contribution is 0.407. The van der Waals surface area contributed by atoms with Crippen LogP contribution in [0.4, 0.5) is 0 Å². The molecule has 0 aromatic carbocycles. The van der Waals surface area contributed by atoms with Crippen molar-refractivity contribution in [3.05, 3.63) is 24.2 Å². The lowest BCUT2D eigenvalue weighted by atomic mass is 9.99. The zero-order valence-corrected chi connectivity index (χ0v) is 10.9. The summed E-state index contributed by atoms with van der Waals surface area (Å²) in [5, 5.41) is 3.59. The van der Waals surface area contributed by atoms with E-state index in [1.54, 1.807) is 12.5 Å². The molecular formula is C14H21N3O. The summed E-state index contributed by atoms with van der Waals surface area (Å²) in [7, 11) is 2.08. The van der Waals surface area contributed by atoms with Crippen LogP contribution in [0.5, 0.6) is 0 Å². The smallest absolute Gasteiger partial charge is 0.194 e. The maximum absolute atomic E-state index is 5.09. The Hall–Kier alpha value is -1.45. The Labute approximate surface area is 108 Å². The molecule has 1 aromatic rings. The van der Waals surface area contributed by atoms with Gasteiger partial charge < -0.3 is 14.6 Å². The summed E-state index contributed by atoms with van der Waals surface area (Å²) in [5.74, 6) is 1.86. The van der Waals surface area contributed by atoms with E-state index in [2.05, 4.69) is 22.3 Å². The fraction of sp³-hybridized carbons (Fsp3) is 0.643. The van der Waals surface area contributed by atoms with Gasteiger partial charge in [0, 0.05) is 19.2 Å². The number of nitrogens with zero attached hydrogens (tertiary/aromatic N) is 2. The third-order valence-electron chi connectivity index (χ3n) is 4.08. The van der Waals surface area contributed by atoms with Gasteiger partial charge in [-0.1, -0.05) is 12.8 Å². The van der Waals surface area contributed by atoms with E-state index in [9.17, 15) is 0 Å². The number of guanidine groups is 1. The topological polar surface area (TPSA) is 40.8 Å². The fourth-order valence-corrected chi connectivity index (χ4v) is 3.03. The van der Waals surface area contributed by atoms with E-state index in [4.69, 9.17) is 4.42 Å². The first-order valence-corrected chi connectivity index (χ1v) is 6.86. The van der Waals surface area contributed by atoms with Gasteiger partial charge in [-0.15, -0.1) is 0 Å². The molecule has 0 bridgehead atoms. The molecule has 1 saturated carbocycles. The fourth-order valence-electron chi connectivity index (χ4n) is 3.03. The molecule has 0 radical (unpaired) electrons. The summed E-state index contributed by atoms with van der Waals surface area (Å²) in [5.41, 5.74) is 1.19. The van der Waals surface area contributed by atoms with Gasteiger partial charge in [0.2, 0.25) is 0 Å². The number of furan rings is 1. The van der Waals surface area contributed by atoms with Crippen molar-refractivity contribution in [1.82, 2.24) is 10.2 Å². The second-order valence-corrected chi connectivity index (χ2v) is 5.45. The summed E-state index contributed by atoms with van der Waals surface area (Å²) in [4.78, 5) is 6.81. The quantitative estimate of drug-likeness (QED) is 0.890. The van der Waals surface area contributed by atoms with Crippen molar-refractivity contribution in [2.24, 2.45) is 10.9 Å². The molecule has 18 heavy (non-hydrogen) atoms. The Morgan fingerprint density at radius 1 is 1.44 bits per heavy atom. The molecule has 1 aromatic heterocycles. The van der Waals surface area contributed by atoms with E-state index in [-0.39, 0.29) is 0 Å². The molecule has 1 aliphatic carbocycles. The lowest BCUT2D eigenvalue weighted by Gasteiger charge is -2.23. The van der Waals surface area contributed by atoms with Gasteiger partial charge in [-0.05, 0) is 24.8 Å². The Morgan fingerprint density at radius 3 is 3.00 bits per heavy atom. The highest BCUT2D eigenvalue weighted by molar-refractivity contribution is 5.81. The van der Waals surface area contributed by atoms with Crippen molar-refractivity contribution < 1.29 is 4.42 Å². The summed E-state index contributed by atoms with van der Waals surface area (Å²) < 4.78 is 5.09. The zero-order valence-electron chi connectivity index (χ0n) is 10.9. The summed E-state index contributed by atoms with van der Waals surface area (Å²) in [6.45, 7) is 1.79. The van der Waals surface area contributed by atoms with Crippen LogP contribution in [0.15, 0.2) is 28.0 Å². The first-order chi connectivity index (χ1) is 8.83. The van der Waals surface area contributed by atoms with Crippen LogP contribution in [0.3, 0.4) is 0 Å². The number of rotatable bonds is 3. The van der Waals surface area contributed by atoms with Crippen molar-refractivity contribution in [2.45, 2.75) is 38.3 Å². The van der Waals surface area contributed by atoms with Gasteiger partial charge in [-0.2, -0.15) is 0 Å². The highest BCUT2D eigenvalue weighted by Gasteiger charge is 2.29. The maximum atomic E-state index is 5.09. The Bertz CT molecular complexity index is 407. The predicted molar refractivity (Wildman–Crippen MR) is 71.4 cm³/mol. The van der Waals surface area contributed by atoms with Gasteiger partial charge >= 0.3 is 0 Å². The molecule has 1 atom stereocenters. The average molecular weight is 247 g/mol. The van der Waals surface area contributed by atoms with Crippen LogP contribution in [-0.2, 0) is 6.54 Å². The van der Waals surface area contributed by atoms with E-state index < -0.39 is 0 Å². The molecule has 0 saturated heterocycles. The Balaban J connectivity index is 1.54. The minimum Gasteiger partial charge on any atom is -0.472 e. The van der Waals surface area contributed by atoms with Crippen LogP contribution in [0.2, 0.25) is 0 Å². The van der Waals surface area contributed by atoms with Crippen LogP contribution in [0.1, 0.15) is 31.2 Å². The van der Waals surface area contributed by atoms with Crippen LogP contribution in [0, 0.1) is 5.92 Å². The first kappa shape index (κ1) is 11.6. The number of nitrogens with one attached hydrogen (secondary N) is 1. The van der Waals surface area contributed by atoms with Crippen molar-refractivity contribution in [2.75, 3.05) is 13.6 Å². The molecule has 98 valence electrons. The molecule has 4 heteroatoms. The van der Waals surface area contributed by atoms with Crippen LogP contribution < -0.4 is 5.32 Å². The maximum Gasteiger partial charge on any atom is 0.194 e. The molecule has 2 aliphatic rings. The van der Waals surface area contributed by atoms with Gasteiger partial charge in [0.05, 0.1) is 25.1 Å². The van der Waals surface area contributed by atoms with Gasteiger partial charge in [0.1, 0.15) is 0 Å². The summed E-state index contributed by atoms with van der Waals surface area (Å²) >= 11 is 0. The summed E-state index contributed by atoms with van der Waals surface area (Å²) in [6, 6.07) is 2.56. The Morgan fingerprint density at radius 2 is 2.28 bits per heavy atom. The van der Waals surface area contributed by atoms with Crippen molar-refractivity contribution in [3.8, 4) is 0 Å². The highest BCUT2D eigenvalue weighted by Crippen LogP contribution is 2.29. The van der Waals surface area contributed by atoms with Crippen LogP contribution in [0.25, 0.3) is 0 Å². The van der Waals surface area contributed by atoms with E-state index >= 15 is 0 Å². The van der Waals surface area contributed by atoms with Crippen molar-refractivity contribution >= 4 is 5.96 Å².